The zero-order valence-electron chi connectivity index (χ0n) is 11.1. The summed E-state index contributed by atoms with van der Waals surface area (Å²) in [6.07, 6.45) is -1.59. The Morgan fingerprint density at radius 1 is 1.05 bits per heavy atom. The number of hydrogen-bond acceptors (Lipinski definition) is 4. The van der Waals surface area contributed by atoms with Crippen molar-refractivity contribution in [2.75, 3.05) is 0 Å². The number of benzene rings is 2. The molecule has 4 N–H and O–H groups in total. The van der Waals surface area contributed by atoms with Crippen molar-refractivity contribution < 1.29 is 24.5 Å². The number of nitrogens with two attached hydrogens (primary N) is 1. The maximum atomic E-state index is 11.0. The van der Waals surface area contributed by atoms with Crippen LogP contribution in [0.3, 0.4) is 0 Å². The fourth-order valence-electron chi connectivity index (χ4n) is 1.97. The predicted molar refractivity (Wildman–Crippen MR) is 75.8 cm³/mol. The predicted octanol–water partition coefficient (Wildman–Crippen LogP) is 1.22. The SMILES string of the molecule is N[C@H](C(=O)O)C(OCc1ccc2ccccc2c1)C(=O)O. The molecule has 6 heteroatoms. The monoisotopic (exact) mass is 289 g/mol. The molecule has 2 aromatic rings. The summed E-state index contributed by atoms with van der Waals surface area (Å²) in [6.45, 7) is -0.0250. The standard InChI is InChI=1S/C15H15NO5/c16-12(14(17)18)13(15(19)20)21-8-9-5-6-10-3-1-2-4-11(10)7-9/h1-7,12-13H,8,16H2,(H,17,18)(H,19,20)/t12-,13?/m0/s1. The Morgan fingerprint density at radius 3 is 2.33 bits per heavy atom. The van der Waals surface area contributed by atoms with Crippen LogP contribution in [0.25, 0.3) is 10.8 Å². The summed E-state index contributed by atoms with van der Waals surface area (Å²) in [5.41, 5.74) is 6.06. The number of fused-ring (bicyclic) bond motifs is 1. The van der Waals surface area contributed by atoms with Crippen molar-refractivity contribution in [1.82, 2.24) is 0 Å². The van der Waals surface area contributed by atoms with E-state index in [1.165, 1.54) is 0 Å². The van der Waals surface area contributed by atoms with E-state index in [1.807, 2.05) is 36.4 Å². The van der Waals surface area contributed by atoms with Crippen molar-refractivity contribution in [2.24, 2.45) is 5.73 Å². The quantitative estimate of drug-likeness (QED) is 0.737. The maximum absolute atomic E-state index is 11.0. The van der Waals surface area contributed by atoms with Crippen molar-refractivity contribution in [3.63, 3.8) is 0 Å². The van der Waals surface area contributed by atoms with Gasteiger partial charge in [-0.05, 0) is 22.4 Å². The largest absolute Gasteiger partial charge is 0.480 e. The lowest BCUT2D eigenvalue weighted by Crippen LogP contribution is -2.47. The third-order valence-corrected chi connectivity index (χ3v) is 3.10. The van der Waals surface area contributed by atoms with Gasteiger partial charge in [0.05, 0.1) is 6.61 Å². The number of carbonyl (C=O) groups is 2. The van der Waals surface area contributed by atoms with E-state index < -0.39 is 24.1 Å². The van der Waals surface area contributed by atoms with Crippen LogP contribution in [0.15, 0.2) is 42.5 Å². The van der Waals surface area contributed by atoms with Crippen LogP contribution < -0.4 is 5.73 Å². The minimum absolute atomic E-state index is 0.0250. The Bertz CT molecular complexity index is 670. The molecule has 21 heavy (non-hydrogen) atoms. The number of ether oxygens (including phenoxy) is 1. The third-order valence-electron chi connectivity index (χ3n) is 3.10. The number of hydrogen-bond donors (Lipinski definition) is 3. The first kappa shape index (κ1) is 15.0. The molecule has 2 rings (SSSR count). The molecule has 6 nitrogen and oxygen atoms in total. The molecule has 0 aliphatic rings. The van der Waals surface area contributed by atoms with Crippen molar-refractivity contribution in [1.29, 1.82) is 0 Å². The molecule has 0 saturated heterocycles. The highest BCUT2D eigenvalue weighted by Crippen LogP contribution is 2.17. The van der Waals surface area contributed by atoms with Gasteiger partial charge in [-0.25, -0.2) is 4.79 Å². The van der Waals surface area contributed by atoms with E-state index >= 15 is 0 Å². The molecule has 110 valence electrons. The van der Waals surface area contributed by atoms with Crippen LogP contribution in [0, 0.1) is 0 Å². The molecule has 0 spiro atoms. The summed E-state index contributed by atoms with van der Waals surface area (Å²) in [6, 6.07) is 11.6. The topological polar surface area (TPSA) is 110 Å². The van der Waals surface area contributed by atoms with Crippen LogP contribution >= 0.6 is 0 Å². The molecule has 1 unspecified atom stereocenters. The summed E-state index contributed by atoms with van der Waals surface area (Å²) in [7, 11) is 0. The van der Waals surface area contributed by atoms with Gasteiger partial charge in [-0.1, -0.05) is 36.4 Å². The van der Waals surface area contributed by atoms with E-state index in [2.05, 4.69) is 0 Å². The zero-order chi connectivity index (χ0) is 15.4. The minimum atomic E-state index is -1.61. The average molecular weight is 289 g/mol. The molecule has 2 aromatic carbocycles. The first-order valence-electron chi connectivity index (χ1n) is 6.29. The highest BCUT2D eigenvalue weighted by Gasteiger charge is 2.31. The molecule has 0 bridgehead atoms. The van der Waals surface area contributed by atoms with Gasteiger partial charge in [0, 0.05) is 0 Å². The maximum Gasteiger partial charge on any atom is 0.335 e. The van der Waals surface area contributed by atoms with E-state index in [0.717, 1.165) is 16.3 Å². The second-order valence-electron chi connectivity index (χ2n) is 4.62. The number of carboxylic acids is 2. The minimum Gasteiger partial charge on any atom is -0.480 e. The van der Waals surface area contributed by atoms with Gasteiger partial charge in [-0.15, -0.1) is 0 Å². The van der Waals surface area contributed by atoms with E-state index in [-0.39, 0.29) is 6.61 Å². The lowest BCUT2D eigenvalue weighted by atomic mass is 10.1. The molecule has 0 aliphatic heterocycles. The van der Waals surface area contributed by atoms with Crippen LogP contribution in [0.5, 0.6) is 0 Å². The van der Waals surface area contributed by atoms with E-state index in [4.69, 9.17) is 20.7 Å². The van der Waals surface area contributed by atoms with Crippen molar-refractivity contribution in [2.45, 2.75) is 18.8 Å². The Balaban J connectivity index is 2.12. The molecule has 0 aliphatic carbocycles. The van der Waals surface area contributed by atoms with E-state index in [1.54, 1.807) is 6.07 Å². The molecule has 2 atom stereocenters. The lowest BCUT2D eigenvalue weighted by Gasteiger charge is -2.17. The van der Waals surface area contributed by atoms with Crippen molar-refractivity contribution in [3.8, 4) is 0 Å². The summed E-state index contributed by atoms with van der Waals surface area (Å²) >= 11 is 0. The van der Waals surface area contributed by atoms with Crippen LogP contribution in [-0.4, -0.2) is 34.3 Å². The van der Waals surface area contributed by atoms with Crippen LogP contribution in [0.2, 0.25) is 0 Å². The lowest BCUT2D eigenvalue weighted by molar-refractivity contribution is -0.159. The number of aliphatic carboxylic acids is 2. The smallest absolute Gasteiger partial charge is 0.335 e. The number of carboxylic acid groups (broad SMARTS) is 2. The van der Waals surface area contributed by atoms with E-state index in [0.29, 0.717) is 0 Å². The van der Waals surface area contributed by atoms with E-state index in [9.17, 15) is 9.59 Å². The Morgan fingerprint density at radius 2 is 1.71 bits per heavy atom. The van der Waals surface area contributed by atoms with Gasteiger partial charge < -0.3 is 20.7 Å². The third kappa shape index (κ3) is 3.56. The first-order valence-corrected chi connectivity index (χ1v) is 6.29. The van der Waals surface area contributed by atoms with Gasteiger partial charge in [0.1, 0.15) is 6.04 Å². The summed E-state index contributed by atoms with van der Waals surface area (Å²) in [5.74, 6) is -2.81. The average Bonchev–Trinajstić information content (AvgIpc) is 2.46. The second kappa shape index (κ2) is 6.34. The Labute approximate surface area is 120 Å². The summed E-state index contributed by atoms with van der Waals surface area (Å²) in [5, 5.41) is 19.8. The Hall–Kier alpha value is -2.44. The van der Waals surface area contributed by atoms with Crippen LogP contribution in [-0.2, 0) is 20.9 Å². The van der Waals surface area contributed by atoms with Crippen LogP contribution in [0.1, 0.15) is 5.56 Å². The molecule has 0 amide bonds. The number of rotatable bonds is 6. The molecular weight excluding hydrogens is 274 g/mol. The highest BCUT2D eigenvalue weighted by atomic mass is 16.5. The van der Waals surface area contributed by atoms with Gasteiger partial charge in [0.15, 0.2) is 6.10 Å². The normalized spacial score (nSPS) is 13.8. The van der Waals surface area contributed by atoms with Gasteiger partial charge in [0.2, 0.25) is 0 Å². The molecular formula is C15H15NO5. The molecule has 0 radical (unpaired) electrons. The fraction of sp³-hybridized carbons (Fsp3) is 0.200. The molecule has 0 saturated carbocycles. The van der Waals surface area contributed by atoms with Crippen molar-refractivity contribution >= 4 is 22.7 Å². The zero-order valence-corrected chi connectivity index (χ0v) is 11.1. The highest BCUT2D eigenvalue weighted by molar-refractivity contribution is 5.84. The van der Waals surface area contributed by atoms with Gasteiger partial charge in [-0.2, -0.15) is 0 Å². The van der Waals surface area contributed by atoms with Crippen molar-refractivity contribution in [3.05, 3.63) is 48.0 Å². The second-order valence-corrected chi connectivity index (χ2v) is 4.62. The van der Waals surface area contributed by atoms with Crippen LogP contribution in [0.4, 0.5) is 0 Å². The molecule has 0 heterocycles. The summed E-state index contributed by atoms with van der Waals surface area (Å²) < 4.78 is 5.16. The first-order chi connectivity index (χ1) is 9.99. The fourth-order valence-corrected chi connectivity index (χ4v) is 1.97. The Kier molecular flexibility index (Phi) is 4.52. The van der Waals surface area contributed by atoms with Gasteiger partial charge in [0.25, 0.3) is 0 Å². The van der Waals surface area contributed by atoms with Gasteiger partial charge in [-0.3, -0.25) is 4.79 Å². The van der Waals surface area contributed by atoms with Gasteiger partial charge >= 0.3 is 11.9 Å². The molecule has 0 aromatic heterocycles. The molecule has 0 fully saturated rings. The summed E-state index contributed by atoms with van der Waals surface area (Å²) in [4.78, 5) is 21.8.